The van der Waals surface area contributed by atoms with Crippen LogP contribution >= 0.6 is 0 Å². The molecule has 0 atom stereocenters. The summed E-state index contributed by atoms with van der Waals surface area (Å²) in [7, 11) is 6.19. The lowest BCUT2D eigenvalue weighted by Gasteiger charge is -2.24. The van der Waals surface area contributed by atoms with E-state index < -0.39 is 0 Å². The maximum absolute atomic E-state index is 6.71. The van der Waals surface area contributed by atoms with Gasteiger partial charge in [0, 0.05) is 29.4 Å². The molecule has 4 heteroatoms. The first-order valence-electron chi connectivity index (χ1n) is 13.1. The summed E-state index contributed by atoms with van der Waals surface area (Å²) in [4.78, 5) is 7.30. The van der Waals surface area contributed by atoms with Crippen molar-refractivity contribution in [2.24, 2.45) is 4.99 Å². The van der Waals surface area contributed by atoms with Crippen LogP contribution in [0.5, 0.6) is 0 Å². The molecule has 2 aliphatic rings. The number of anilines is 1. The van der Waals surface area contributed by atoms with Crippen molar-refractivity contribution in [3.8, 4) is 0 Å². The van der Waals surface area contributed by atoms with E-state index in [1.165, 1.54) is 38.9 Å². The maximum atomic E-state index is 6.71. The van der Waals surface area contributed by atoms with Gasteiger partial charge in [-0.05, 0) is 70.4 Å². The van der Waals surface area contributed by atoms with E-state index in [0.29, 0.717) is 0 Å². The lowest BCUT2D eigenvalue weighted by molar-refractivity contribution is -0.460. The Balaban J connectivity index is 1.56. The van der Waals surface area contributed by atoms with Gasteiger partial charge >= 0.3 is 0 Å². The monoisotopic (exact) mass is 488 g/mol. The third-order valence-electron chi connectivity index (χ3n) is 7.84. The SMILES string of the molecule is CN1/C(=C\C=C2/CCCc3c2oc2cc4ccccc4cc2c3=NC=[N+](C)C)C(C)(C)c2ccccc21. The van der Waals surface area contributed by atoms with Gasteiger partial charge in [0.2, 0.25) is 0 Å². The molecule has 0 saturated heterocycles. The summed E-state index contributed by atoms with van der Waals surface area (Å²) in [6, 6.07) is 21.6. The molecule has 37 heavy (non-hydrogen) atoms. The highest BCUT2D eigenvalue weighted by Crippen LogP contribution is 2.47. The van der Waals surface area contributed by atoms with Crippen molar-refractivity contribution >= 4 is 39.3 Å². The summed E-state index contributed by atoms with van der Waals surface area (Å²) in [5.41, 5.74) is 7.23. The van der Waals surface area contributed by atoms with E-state index in [1.807, 2.05) is 25.0 Å². The molecular formula is C33H34N3O+. The van der Waals surface area contributed by atoms with Crippen molar-refractivity contribution in [1.82, 2.24) is 0 Å². The first kappa shape index (κ1) is 23.5. The van der Waals surface area contributed by atoms with Crippen molar-refractivity contribution in [3.05, 3.63) is 101 Å². The third kappa shape index (κ3) is 3.92. The quantitative estimate of drug-likeness (QED) is 0.134. The van der Waals surface area contributed by atoms with E-state index >= 15 is 0 Å². The van der Waals surface area contributed by atoms with Crippen LogP contribution in [-0.2, 0) is 11.8 Å². The van der Waals surface area contributed by atoms with E-state index in [-0.39, 0.29) is 5.41 Å². The van der Waals surface area contributed by atoms with Crippen molar-refractivity contribution in [1.29, 1.82) is 0 Å². The molecule has 186 valence electrons. The summed E-state index contributed by atoms with van der Waals surface area (Å²) in [6.07, 6.45) is 9.53. The maximum Gasteiger partial charge on any atom is 0.281 e. The van der Waals surface area contributed by atoms with Crippen LogP contribution in [0, 0.1) is 0 Å². The molecule has 6 rings (SSSR count). The van der Waals surface area contributed by atoms with Gasteiger partial charge in [0.1, 0.15) is 11.3 Å². The number of hydrogen-bond donors (Lipinski definition) is 0. The minimum atomic E-state index is -0.0551. The fourth-order valence-corrected chi connectivity index (χ4v) is 5.95. The molecule has 4 aromatic rings. The Hall–Kier alpha value is -3.92. The molecule has 0 N–H and O–H groups in total. The van der Waals surface area contributed by atoms with Gasteiger partial charge in [-0.2, -0.15) is 0 Å². The van der Waals surface area contributed by atoms with E-state index in [4.69, 9.17) is 9.41 Å². The Morgan fingerprint density at radius 2 is 1.68 bits per heavy atom. The van der Waals surface area contributed by atoms with Gasteiger partial charge in [0.15, 0.2) is 5.36 Å². The van der Waals surface area contributed by atoms with Gasteiger partial charge in [-0.15, -0.1) is 0 Å². The van der Waals surface area contributed by atoms with Crippen LogP contribution in [0.15, 0.2) is 87.9 Å². The number of rotatable bonds is 2. The lowest BCUT2D eigenvalue weighted by Crippen LogP contribution is -2.22. The van der Waals surface area contributed by atoms with Gasteiger partial charge in [-0.25, -0.2) is 0 Å². The minimum absolute atomic E-state index is 0.0551. The Bertz CT molecular complexity index is 1710. The van der Waals surface area contributed by atoms with Crippen LogP contribution in [-0.4, -0.2) is 32.1 Å². The largest absolute Gasteiger partial charge is 0.456 e. The Labute approximate surface area is 218 Å². The third-order valence-corrected chi connectivity index (χ3v) is 7.84. The highest BCUT2D eigenvalue weighted by Gasteiger charge is 2.37. The second-order valence-electron chi connectivity index (χ2n) is 11.0. The molecule has 0 amide bonds. The molecule has 3 aromatic carbocycles. The smallest absolute Gasteiger partial charge is 0.281 e. The van der Waals surface area contributed by atoms with E-state index in [0.717, 1.165) is 41.3 Å². The molecular weight excluding hydrogens is 454 g/mol. The number of fused-ring (bicyclic) bond motifs is 4. The lowest BCUT2D eigenvalue weighted by atomic mass is 9.83. The highest BCUT2D eigenvalue weighted by molar-refractivity contribution is 5.96. The molecule has 0 spiro atoms. The first-order chi connectivity index (χ1) is 17.8. The van der Waals surface area contributed by atoms with Crippen LogP contribution in [0.3, 0.4) is 0 Å². The molecule has 0 saturated carbocycles. The highest BCUT2D eigenvalue weighted by atomic mass is 16.3. The number of para-hydroxylation sites is 1. The van der Waals surface area contributed by atoms with E-state index in [2.05, 4.69) is 98.6 Å². The second kappa shape index (κ2) is 8.88. The average Bonchev–Trinajstić information content (AvgIpc) is 3.09. The standard InChI is InChI=1S/C33H34N3O/c1-33(2)27-15-8-9-16-28(27)36(5)30(33)18-17-22-13-10-14-25-31(34-21-35(3)4)26-19-23-11-6-7-12-24(23)20-29(26)37-32(22)25/h6-9,11-12,15-21H,10,13-14H2,1-5H3/q+1. The number of benzene rings is 3. The molecule has 4 nitrogen and oxygen atoms in total. The fraction of sp³-hybridized carbons (Fsp3) is 0.273. The molecule has 1 aliphatic carbocycles. The second-order valence-corrected chi connectivity index (χ2v) is 11.0. The molecule has 0 unspecified atom stereocenters. The van der Waals surface area contributed by atoms with Gasteiger partial charge in [-0.3, -0.25) is 4.58 Å². The zero-order chi connectivity index (χ0) is 25.7. The average molecular weight is 489 g/mol. The Kier molecular flexibility index (Phi) is 5.63. The van der Waals surface area contributed by atoms with Crippen LogP contribution in [0.1, 0.15) is 43.6 Å². The molecule has 1 aliphatic heterocycles. The summed E-state index contributed by atoms with van der Waals surface area (Å²) in [5.74, 6) is 0.979. The number of nitrogens with zero attached hydrogens (tertiary/aromatic N) is 3. The normalized spacial score (nSPS) is 19.1. The zero-order valence-electron chi connectivity index (χ0n) is 22.4. The zero-order valence-corrected chi connectivity index (χ0v) is 22.4. The van der Waals surface area contributed by atoms with Gasteiger partial charge in [0.25, 0.3) is 6.34 Å². The van der Waals surface area contributed by atoms with Crippen LogP contribution < -0.4 is 10.3 Å². The number of hydrogen-bond acceptors (Lipinski definition) is 2. The van der Waals surface area contributed by atoms with Gasteiger partial charge in [0.05, 0.1) is 19.5 Å². The van der Waals surface area contributed by atoms with Crippen molar-refractivity contribution in [2.75, 3.05) is 26.0 Å². The fourth-order valence-electron chi connectivity index (χ4n) is 5.95. The predicted octanol–water partition coefficient (Wildman–Crippen LogP) is 6.82. The summed E-state index contributed by atoms with van der Waals surface area (Å²) < 4.78 is 8.70. The van der Waals surface area contributed by atoms with Crippen LogP contribution in [0.2, 0.25) is 0 Å². The van der Waals surface area contributed by atoms with Gasteiger partial charge < -0.3 is 9.32 Å². The van der Waals surface area contributed by atoms with Crippen molar-refractivity contribution in [3.63, 3.8) is 0 Å². The van der Waals surface area contributed by atoms with E-state index in [9.17, 15) is 0 Å². The molecule has 0 fully saturated rings. The van der Waals surface area contributed by atoms with Crippen molar-refractivity contribution in [2.45, 2.75) is 38.5 Å². The number of allylic oxidation sites excluding steroid dienone is 4. The Morgan fingerprint density at radius 1 is 0.946 bits per heavy atom. The molecule has 2 heterocycles. The Morgan fingerprint density at radius 3 is 2.43 bits per heavy atom. The molecule has 1 aromatic heterocycles. The molecule has 0 bridgehead atoms. The van der Waals surface area contributed by atoms with Crippen molar-refractivity contribution < 1.29 is 8.99 Å². The van der Waals surface area contributed by atoms with E-state index in [1.54, 1.807) is 0 Å². The number of likely N-dealkylation sites (N-methyl/N-ethyl adjacent to an activating group) is 1. The van der Waals surface area contributed by atoms with Crippen LogP contribution in [0.4, 0.5) is 5.69 Å². The molecule has 0 radical (unpaired) electrons. The van der Waals surface area contributed by atoms with Crippen LogP contribution in [0.25, 0.3) is 27.3 Å². The minimum Gasteiger partial charge on any atom is -0.456 e. The predicted molar refractivity (Wildman–Crippen MR) is 154 cm³/mol. The summed E-state index contributed by atoms with van der Waals surface area (Å²) >= 11 is 0. The summed E-state index contributed by atoms with van der Waals surface area (Å²) in [5, 5.41) is 4.48. The topological polar surface area (TPSA) is 31.8 Å². The summed E-state index contributed by atoms with van der Waals surface area (Å²) in [6.45, 7) is 4.62. The van der Waals surface area contributed by atoms with Gasteiger partial charge in [-0.1, -0.05) is 62.4 Å². The first-order valence-corrected chi connectivity index (χ1v) is 13.1.